The number of hydrogen-bond donors (Lipinski definition) is 2. The summed E-state index contributed by atoms with van der Waals surface area (Å²) < 4.78 is 10.5. The van der Waals surface area contributed by atoms with E-state index in [2.05, 4.69) is 24.5 Å². The van der Waals surface area contributed by atoms with E-state index in [1.807, 2.05) is 31.2 Å². The Labute approximate surface area is 183 Å². The Kier molecular flexibility index (Phi) is 9.06. The van der Waals surface area contributed by atoms with Gasteiger partial charge in [-0.15, -0.1) is 0 Å². The van der Waals surface area contributed by atoms with Gasteiger partial charge in [0.05, 0.1) is 12.2 Å². The highest BCUT2D eigenvalue weighted by molar-refractivity contribution is 5.99. The molecule has 2 aromatic rings. The molecule has 0 radical (unpaired) electrons. The lowest BCUT2D eigenvalue weighted by atomic mass is 9.99. The van der Waals surface area contributed by atoms with Crippen molar-refractivity contribution in [2.24, 2.45) is 0 Å². The van der Waals surface area contributed by atoms with Crippen LogP contribution >= 0.6 is 0 Å². The van der Waals surface area contributed by atoms with Crippen LogP contribution in [0.2, 0.25) is 0 Å². The summed E-state index contributed by atoms with van der Waals surface area (Å²) >= 11 is 0. The second-order valence-corrected chi connectivity index (χ2v) is 7.16. The first kappa shape index (κ1) is 23.9. The average molecular weight is 427 g/mol. The number of rotatable bonds is 10. The van der Waals surface area contributed by atoms with Crippen molar-refractivity contribution in [2.45, 2.75) is 46.1 Å². The van der Waals surface area contributed by atoms with Crippen molar-refractivity contribution in [1.82, 2.24) is 5.32 Å². The molecule has 2 rings (SSSR count). The Morgan fingerprint density at radius 3 is 2.29 bits per heavy atom. The van der Waals surface area contributed by atoms with Crippen LogP contribution in [-0.4, -0.2) is 37.0 Å². The van der Waals surface area contributed by atoms with Crippen LogP contribution in [-0.2, 0) is 14.3 Å². The summed E-state index contributed by atoms with van der Waals surface area (Å²) in [5.74, 6) is -0.738. The Balaban J connectivity index is 1.83. The lowest BCUT2D eigenvalue weighted by Gasteiger charge is -2.15. The first-order valence-electron chi connectivity index (χ1n) is 10.5. The molecule has 0 aliphatic rings. The Hall–Kier alpha value is -3.35. The molecule has 2 amide bonds. The number of hydrogen-bond acceptors (Lipinski definition) is 5. The fourth-order valence-electron chi connectivity index (χ4n) is 2.85. The van der Waals surface area contributed by atoms with Gasteiger partial charge in [-0.05, 0) is 56.0 Å². The van der Waals surface area contributed by atoms with Crippen molar-refractivity contribution >= 4 is 23.5 Å². The summed E-state index contributed by atoms with van der Waals surface area (Å²) in [6.45, 7) is 7.62. The number of ether oxygens (including phenoxy) is 2. The van der Waals surface area contributed by atoms with Gasteiger partial charge in [-0.3, -0.25) is 14.4 Å². The second-order valence-electron chi connectivity index (χ2n) is 7.16. The van der Waals surface area contributed by atoms with E-state index in [9.17, 15) is 14.4 Å². The number of benzene rings is 2. The summed E-state index contributed by atoms with van der Waals surface area (Å²) in [5.41, 5.74) is 2.14. The van der Waals surface area contributed by atoms with Gasteiger partial charge in [-0.2, -0.15) is 0 Å². The summed E-state index contributed by atoms with van der Waals surface area (Å²) in [6.07, 6.45) is 0.0289. The van der Waals surface area contributed by atoms with Gasteiger partial charge in [0.25, 0.3) is 11.8 Å². The van der Waals surface area contributed by atoms with Crippen LogP contribution in [0, 0.1) is 0 Å². The highest BCUT2D eigenvalue weighted by Gasteiger charge is 2.19. The monoisotopic (exact) mass is 426 g/mol. The van der Waals surface area contributed by atoms with Gasteiger partial charge in [0.15, 0.2) is 6.10 Å². The summed E-state index contributed by atoms with van der Waals surface area (Å²) in [7, 11) is 0. The van der Waals surface area contributed by atoms with Gasteiger partial charge >= 0.3 is 5.97 Å². The summed E-state index contributed by atoms with van der Waals surface area (Å²) in [4.78, 5) is 36.7. The molecular weight excluding hydrogens is 396 g/mol. The van der Waals surface area contributed by atoms with Crippen LogP contribution in [0.3, 0.4) is 0 Å². The average Bonchev–Trinajstić information content (AvgIpc) is 2.78. The first-order valence-corrected chi connectivity index (χ1v) is 10.5. The topological polar surface area (TPSA) is 93.7 Å². The predicted octanol–water partition coefficient (Wildman–Crippen LogP) is 3.90. The third kappa shape index (κ3) is 7.13. The van der Waals surface area contributed by atoms with Crippen LogP contribution in [0.25, 0.3) is 0 Å². The molecular formula is C24H30N2O5. The fourth-order valence-corrected chi connectivity index (χ4v) is 2.85. The molecule has 0 fully saturated rings. The zero-order chi connectivity index (χ0) is 22.8. The van der Waals surface area contributed by atoms with Crippen LogP contribution < -0.4 is 15.4 Å². The standard InChI is InChI=1S/C24H30N2O5/c1-5-16(3)18-11-13-19(14-12-18)26-23(28)17(4)31-22(27)15-25-24(29)20-9-7-8-10-21(20)30-6-2/h7-14,16-17H,5-6,15H2,1-4H3,(H,25,29)(H,26,28)/t16-,17-/m0/s1. The van der Waals surface area contributed by atoms with Gasteiger partial charge in [0, 0.05) is 5.69 Å². The molecule has 0 saturated carbocycles. The molecule has 0 spiro atoms. The molecule has 2 N–H and O–H groups in total. The summed E-state index contributed by atoms with van der Waals surface area (Å²) in [6, 6.07) is 14.3. The first-order chi connectivity index (χ1) is 14.8. The summed E-state index contributed by atoms with van der Waals surface area (Å²) in [5, 5.41) is 5.21. The number of amides is 2. The van der Waals surface area contributed by atoms with Crippen molar-refractivity contribution in [2.75, 3.05) is 18.5 Å². The zero-order valence-electron chi connectivity index (χ0n) is 18.4. The number of carbonyl (C=O) groups excluding carboxylic acids is 3. The molecule has 0 heterocycles. The molecule has 0 aromatic heterocycles. The minimum absolute atomic E-state index is 0.323. The largest absolute Gasteiger partial charge is 0.493 e. The molecule has 0 bridgehead atoms. The van der Waals surface area contributed by atoms with E-state index in [0.29, 0.717) is 29.5 Å². The highest BCUT2D eigenvalue weighted by atomic mass is 16.5. The van der Waals surface area contributed by atoms with E-state index >= 15 is 0 Å². The third-order valence-corrected chi connectivity index (χ3v) is 4.86. The highest BCUT2D eigenvalue weighted by Crippen LogP contribution is 2.20. The number of nitrogens with one attached hydrogen (secondary N) is 2. The van der Waals surface area contributed by atoms with Gasteiger partial charge in [-0.25, -0.2) is 0 Å². The van der Waals surface area contributed by atoms with Crippen LogP contribution in [0.4, 0.5) is 5.69 Å². The number of anilines is 1. The molecule has 0 unspecified atom stereocenters. The number of carbonyl (C=O) groups is 3. The van der Waals surface area contributed by atoms with Gasteiger partial charge < -0.3 is 20.1 Å². The molecule has 166 valence electrons. The lowest BCUT2D eigenvalue weighted by molar-refractivity contribution is -0.152. The molecule has 0 aliphatic heterocycles. The van der Waals surface area contributed by atoms with Crippen molar-refractivity contribution in [3.8, 4) is 5.75 Å². The van der Waals surface area contributed by atoms with E-state index in [0.717, 1.165) is 6.42 Å². The molecule has 2 atom stereocenters. The van der Waals surface area contributed by atoms with Crippen LogP contribution in [0.5, 0.6) is 5.75 Å². The predicted molar refractivity (Wildman–Crippen MR) is 119 cm³/mol. The Morgan fingerprint density at radius 2 is 1.65 bits per heavy atom. The maximum absolute atomic E-state index is 12.3. The third-order valence-electron chi connectivity index (χ3n) is 4.86. The smallest absolute Gasteiger partial charge is 0.326 e. The normalized spacial score (nSPS) is 12.4. The van der Waals surface area contributed by atoms with Crippen molar-refractivity contribution in [1.29, 1.82) is 0 Å². The molecule has 7 nitrogen and oxygen atoms in total. The Morgan fingerprint density at radius 1 is 0.968 bits per heavy atom. The molecule has 2 aromatic carbocycles. The van der Waals surface area contributed by atoms with Crippen LogP contribution in [0.15, 0.2) is 48.5 Å². The zero-order valence-corrected chi connectivity index (χ0v) is 18.4. The molecule has 0 saturated heterocycles. The maximum atomic E-state index is 12.3. The SMILES string of the molecule is CCOc1ccccc1C(=O)NCC(=O)O[C@@H](C)C(=O)Nc1ccc([C@@H](C)CC)cc1. The fraction of sp³-hybridized carbons (Fsp3) is 0.375. The van der Waals surface area contributed by atoms with E-state index in [1.165, 1.54) is 12.5 Å². The minimum Gasteiger partial charge on any atom is -0.493 e. The van der Waals surface area contributed by atoms with Crippen molar-refractivity contribution in [3.05, 3.63) is 59.7 Å². The van der Waals surface area contributed by atoms with Crippen molar-refractivity contribution in [3.63, 3.8) is 0 Å². The van der Waals surface area contributed by atoms with Crippen molar-refractivity contribution < 1.29 is 23.9 Å². The van der Waals surface area contributed by atoms with E-state index in [-0.39, 0.29) is 6.54 Å². The molecule has 0 aliphatic carbocycles. The maximum Gasteiger partial charge on any atom is 0.326 e. The van der Waals surface area contributed by atoms with E-state index < -0.39 is 23.9 Å². The molecule has 31 heavy (non-hydrogen) atoms. The van der Waals surface area contributed by atoms with E-state index in [1.54, 1.807) is 24.3 Å². The lowest BCUT2D eigenvalue weighted by Crippen LogP contribution is -2.36. The molecule has 7 heteroatoms. The van der Waals surface area contributed by atoms with Gasteiger partial charge in [0.2, 0.25) is 0 Å². The Bertz CT molecular complexity index is 895. The van der Waals surface area contributed by atoms with Crippen LogP contribution in [0.1, 0.15) is 56.0 Å². The van der Waals surface area contributed by atoms with Gasteiger partial charge in [-0.1, -0.05) is 38.1 Å². The van der Waals surface area contributed by atoms with E-state index in [4.69, 9.17) is 9.47 Å². The quantitative estimate of drug-likeness (QED) is 0.562. The number of esters is 1. The minimum atomic E-state index is -1.01. The van der Waals surface area contributed by atoms with Gasteiger partial charge in [0.1, 0.15) is 12.3 Å². The second kappa shape index (κ2) is 11.7. The number of para-hydroxylation sites is 1.